The number of hydrogen-bond acceptors (Lipinski definition) is 7. The number of benzene rings is 1. The third-order valence-corrected chi connectivity index (χ3v) is 8.53. The second-order valence-corrected chi connectivity index (χ2v) is 11.5. The monoisotopic (exact) mass is 518 g/mol. The van der Waals surface area contributed by atoms with Gasteiger partial charge in [0.25, 0.3) is 0 Å². The number of hydrogen-bond donors (Lipinski definition) is 2. The lowest BCUT2D eigenvalue weighted by Crippen LogP contribution is -2.75. The molecule has 3 N–H and O–H groups in total. The number of rotatable bonds is 6. The van der Waals surface area contributed by atoms with E-state index in [0.29, 0.717) is 11.1 Å². The van der Waals surface area contributed by atoms with E-state index in [1.807, 2.05) is 16.9 Å². The van der Waals surface area contributed by atoms with E-state index in [0.717, 1.165) is 30.2 Å². The molecule has 0 saturated heterocycles. The van der Waals surface area contributed by atoms with Crippen LogP contribution in [0.3, 0.4) is 0 Å². The van der Waals surface area contributed by atoms with Crippen molar-refractivity contribution in [2.24, 2.45) is 5.41 Å². The number of aromatic nitrogens is 6. The minimum Gasteiger partial charge on any atom is -0.369 e. The summed E-state index contributed by atoms with van der Waals surface area (Å²) in [6, 6.07) is 6.44. The Balaban J connectivity index is 1.26. The Hall–Kier alpha value is -3.52. The van der Waals surface area contributed by atoms with Crippen LogP contribution in [0.5, 0.6) is 0 Å². The lowest BCUT2D eigenvalue weighted by atomic mass is 9.40. The molecule has 14 heteroatoms. The van der Waals surface area contributed by atoms with E-state index in [1.54, 1.807) is 19.2 Å². The van der Waals surface area contributed by atoms with Crippen molar-refractivity contribution in [3.63, 3.8) is 0 Å². The van der Waals surface area contributed by atoms with E-state index in [1.165, 1.54) is 18.3 Å². The number of anilines is 1. The summed E-state index contributed by atoms with van der Waals surface area (Å²) >= 11 is 0. The summed E-state index contributed by atoms with van der Waals surface area (Å²) in [4.78, 5) is 11.0. The number of nitrogens with one attached hydrogen (secondary N) is 1. The maximum atomic E-state index is 13.2. The minimum absolute atomic E-state index is 0.0426. The first-order valence-corrected chi connectivity index (χ1v) is 12.6. The van der Waals surface area contributed by atoms with E-state index in [2.05, 4.69) is 24.8 Å². The maximum absolute atomic E-state index is 13.2. The van der Waals surface area contributed by atoms with Crippen LogP contribution in [0.25, 0.3) is 17.0 Å². The molecular formula is C22H21F3N8O2S. The maximum Gasteiger partial charge on any atom is 0.451 e. The van der Waals surface area contributed by atoms with Crippen LogP contribution in [0.15, 0.2) is 47.8 Å². The lowest BCUT2D eigenvalue weighted by molar-refractivity contribution is -0.153. The molecule has 188 valence electrons. The molecule has 2 bridgehead atoms. The normalized spacial score (nSPS) is 23.4. The molecular weight excluding hydrogens is 497 g/mol. The Morgan fingerprint density at radius 1 is 1.17 bits per heavy atom. The summed E-state index contributed by atoms with van der Waals surface area (Å²) in [5.41, 5.74) is 6.65. The molecule has 0 amide bonds. The average molecular weight is 519 g/mol. The quantitative estimate of drug-likeness (QED) is 0.401. The highest BCUT2D eigenvalue weighted by molar-refractivity contribution is 7.89. The van der Waals surface area contributed by atoms with Crippen molar-refractivity contribution in [1.82, 2.24) is 33.9 Å². The Morgan fingerprint density at radius 2 is 1.92 bits per heavy atom. The van der Waals surface area contributed by atoms with Crippen molar-refractivity contribution < 1.29 is 21.6 Å². The van der Waals surface area contributed by atoms with Crippen LogP contribution in [0.2, 0.25) is 0 Å². The first-order valence-electron chi connectivity index (χ1n) is 11.1. The van der Waals surface area contributed by atoms with E-state index in [9.17, 15) is 21.6 Å². The molecule has 3 aliphatic rings. The van der Waals surface area contributed by atoms with E-state index in [4.69, 9.17) is 5.73 Å². The van der Waals surface area contributed by atoms with Gasteiger partial charge in [0.1, 0.15) is 0 Å². The van der Waals surface area contributed by atoms with Crippen molar-refractivity contribution in [1.29, 1.82) is 0 Å². The van der Waals surface area contributed by atoms with Gasteiger partial charge in [-0.15, -0.1) is 0 Å². The van der Waals surface area contributed by atoms with Crippen LogP contribution in [-0.4, -0.2) is 43.1 Å². The minimum atomic E-state index is -4.78. The second-order valence-electron chi connectivity index (χ2n) is 9.80. The zero-order valence-corrected chi connectivity index (χ0v) is 19.8. The number of aryl methyl sites for hydroxylation is 1. The van der Waals surface area contributed by atoms with Crippen molar-refractivity contribution in [2.75, 3.05) is 5.73 Å². The van der Waals surface area contributed by atoms with Crippen LogP contribution in [0, 0.1) is 12.3 Å². The van der Waals surface area contributed by atoms with Crippen molar-refractivity contribution >= 4 is 21.7 Å². The summed E-state index contributed by atoms with van der Waals surface area (Å²) in [6.45, 7) is 2.51. The molecule has 3 fully saturated rings. The van der Waals surface area contributed by atoms with Crippen LogP contribution in [0.4, 0.5) is 19.1 Å². The predicted octanol–water partition coefficient (Wildman–Crippen LogP) is 2.80. The number of fused-ring (bicyclic) bond motifs is 1. The molecule has 36 heavy (non-hydrogen) atoms. The molecule has 0 radical (unpaired) electrons. The molecule has 3 saturated carbocycles. The van der Waals surface area contributed by atoms with Gasteiger partial charge in [-0.25, -0.2) is 18.1 Å². The fourth-order valence-corrected chi connectivity index (χ4v) is 6.98. The molecule has 1 aromatic carbocycles. The van der Waals surface area contributed by atoms with Gasteiger partial charge < -0.3 is 5.73 Å². The van der Waals surface area contributed by atoms with Gasteiger partial charge in [-0.05, 0) is 55.4 Å². The van der Waals surface area contributed by atoms with Crippen molar-refractivity contribution in [3.05, 3.63) is 54.2 Å². The largest absolute Gasteiger partial charge is 0.451 e. The highest BCUT2D eigenvalue weighted by Crippen LogP contribution is 2.68. The smallest absolute Gasteiger partial charge is 0.369 e. The van der Waals surface area contributed by atoms with Gasteiger partial charge in [0.05, 0.1) is 10.6 Å². The van der Waals surface area contributed by atoms with Gasteiger partial charge >= 0.3 is 6.18 Å². The number of nitrogens with zero attached hydrogens (tertiary/aromatic N) is 6. The molecule has 4 aromatic rings. The van der Waals surface area contributed by atoms with Crippen LogP contribution < -0.4 is 10.5 Å². The standard InChI is InChI=1S/C22H21F3N8O2S/c1-13-3-4-14(36(34,35)31-21-9-20(10-21,11-21)12-32-6-2-5-27-32)7-15(13)16-8-33-18(26)29-17(22(23,24)25)30-19(33)28-16/h2-8,31H,9-12H2,1H3,(H2,26,28,29,30). The van der Waals surface area contributed by atoms with Crippen molar-refractivity contribution in [2.45, 2.75) is 49.3 Å². The Labute approximate surface area is 203 Å². The average Bonchev–Trinajstić information content (AvgIpc) is 3.40. The lowest BCUT2D eigenvalue weighted by Gasteiger charge is -2.70. The zero-order valence-electron chi connectivity index (χ0n) is 19.0. The SMILES string of the molecule is Cc1ccc(S(=O)(=O)NC23CC(Cn4cccn4)(C2)C3)cc1-c1cn2c(N)nc(C(F)(F)F)nc2n1. The van der Waals surface area contributed by atoms with E-state index < -0.39 is 33.5 Å². The summed E-state index contributed by atoms with van der Waals surface area (Å²) in [7, 11) is -3.85. The summed E-state index contributed by atoms with van der Waals surface area (Å²) in [5, 5.41) is 4.24. The topological polar surface area (TPSA) is 133 Å². The molecule has 0 spiro atoms. The summed E-state index contributed by atoms with van der Waals surface area (Å²) < 4.78 is 71.5. The molecule has 3 aromatic heterocycles. The molecule has 3 heterocycles. The molecule has 0 unspecified atom stereocenters. The summed E-state index contributed by atoms with van der Waals surface area (Å²) in [6.07, 6.45) is 2.44. The van der Waals surface area contributed by atoms with Gasteiger partial charge in [-0.3, -0.25) is 9.08 Å². The van der Waals surface area contributed by atoms with Gasteiger partial charge in [0, 0.05) is 36.2 Å². The Morgan fingerprint density at radius 3 is 2.58 bits per heavy atom. The highest BCUT2D eigenvalue weighted by atomic mass is 32.2. The number of imidazole rings is 1. The van der Waals surface area contributed by atoms with Crippen molar-refractivity contribution in [3.8, 4) is 11.3 Å². The Bertz CT molecular complexity index is 1590. The highest BCUT2D eigenvalue weighted by Gasteiger charge is 2.69. The third kappa shape index (κ3) is 3.63. The van der Waals surface area contributed by atoms with Gasteiger partial charge in [-0.1, -0.05) is 6.07 Å². The molecule has 7 rings (SSSR count). The van der Waals surface area contributed by atoms with Crippen LogP contribution in [0.1, 0.15) is 30.7 Å². The van der Waals surface area contributed by atoms with Crippen LogP contribution in [-0.2, 0) is 22.7 Å². The first kappa shape index (κ1) is 22.9. The van der Waals surface area contributed by atoms with Gasteiger partial charge in [0.15, 0.2) is 0 Å². The summed E-state index contributed by atoms with van der Waals surface area (Å²) in [5.74, 6) is -2.11. The molecule has 3 aliphatic carbocycles. The van der Waals surface area contributed by atoms with Crippen LogP contribution >= 0.6 is 0 Å². The molecule has 10 nitrogen and oxygen atoms in total. The van der Waals surface area contributed by atoms with E-state index in [-0.39, 0.29) is 21.8 Å². The number of sulfonamides is 1. The van der Waals surface area contributed by atoms with Gasteiger partial charge in [-0.2, -0.15) is 28.2 Å². The van der Waals surface area contributed by atoms with E-state index >= 15 is 0 Å². The zero-order chi connectivity index (χ0) is 25.5. The predicted molar refractivity (Wildman–Crippen MR) is 122 cm³/mol. The molecule has 0 atom stereocenters. The fraction of sp³-hybridized carbons (Fsp3) is 0.364. The van der Waals surface area contributed by atoms with Gasteiger partial charge in [0.2, 0.25) is 27.6 Å². The number of nitrogens with two attached hydrogens (primary N) is 1. The number of nitrogen functional groups attached to an aromatic ring is 1. The fourth-order valence-electron chi connectivity index (χ4n) is 5.56. The third-order valence-electron chi connectivity index (χ3n) is 6.96. The Kier molecular flexibility index (Phi) is 4.62. The second kappa shape index (κ2) is 7.26. The number of alkyl halides is 3. The number of halogens is 3. The first-order chi connectivity index (χ1) is 16.9. The molecule has 0 aliphatic heterocycles.